The number of carbonyl (C=O) groups excluding carboxylic acids is 1. The van der Waals surface area contributed by atoms with Gasteiger partial charge < -0.3 is 14.4 Å². The van der Waals surface area contributed by atoms with E-state index in [0.29, 0.717) is 31.7 Å². The van der Waals surface area contributed by atoms with Crippen LogP contribution in [-0.4, -0.2) is 46.6 Å². The summed E-state index contributed by atoms with van der Waals surface area (Å²) in [6.45, 7) is 3.55. The van der Waals surface area contributed by atoms with Crippen LogP contribution in [0.15, 0.2) is 36.7 Å². The van der Waals surface area contributed by atoms with E-state index in [2.05, 4.69) is 9.97 Å². The van der Waals surface area contributed by atoms with Crippen LogP contribution in [0.3, 0.4) is 0 Å². The third-order valence-electron chi connectivity index (χ3n) is 3.89. The number of benzene rings is 1. The molecule has 1 aromatic heterocycles. The highest BCUT2D eigenvalue weighted by atomic mass is 16.5. The maximum atomic E-state index is 12.6. The van der Waals surface area contributed by atoms with Gasteiger partial charge in [0.25, 0.3) is 11.8 Å². The summed E-state index contributed by atoms with van der Waals surface area (Å²) >= 11 is 0. The standard InChI is InChI=1S/C18H18N4O3/c1-2-24-14-5-3-13(4-6-14)18(23)22-10-7-15(12-22)25-17-16(11-19)20-8-9-21-17/h3-6,8-9,15H,2,7,10,12H2,1H3. The first-order valence-electron chi connectivity index (χ1n) is 8.11. The second-order valence-electron chi connectivity index (χ2n) is 5.56. The van der Waals surface area contributed by atoms with Crippen LogP contribution in [-0.2, 0) is 0 Å². The Labute approximate surface area is 145 Å². The molecule has 1 saturated heterocycles. The molecule has 0 radical (unpaired) electrons. The normalized spacial score (nSPS) is 16.3. The number of carbonyl (C=O) groups is 1. The molecular weight excluding hydrogens is 320 g/mol. The SMILES string of the molecule is CCOc1ccc(C(=O)N2CCC(Oc3nccnc3C#N)C2)cc1. The second-order valence-corrected chi connectivity index (χ2v) is 5.56. The largest absolute Gasteiger partial charge is 0.494 e. The molecular formula is C18H18N4O3. The molecule has 1 amide bonds. The summed E-state index contributed by atoms with van der Waals surface area (Å²) in [5, 5.41) is 9.03. The van der Waals surface area contributed by atoms with Crippen molar-refractivity contribution >= 4 is 5.91 Å². The van der Waals surface area contributed by atoms with Crippen molar-refractivity contribution in [3.8, 4) is 17.7 Å². The van der Waals surface area contributed by atoms with E-state index in [1.807, 2.05) is 13.0 Å². The number of ether oxygens (including phenoxy) is 2. The Balaban J connectivity index is 1.62. The first-order chi connectivity index (χ1) is 12.2. The van der Waals surface area contributed by atoms with Crippen molar-refractivity contribution in [2.45, 2.75) is 19.4 Å². The van der Waals surface area contributed by atoms with Crippen molar-refractivity contribution in [1.82, 2.24) is 14.9 Å². The lowest BCUT2D eigenvalue weighted by molar-refractivity contribution is 0.0771. The molecule has 25 heavy (non-hydrogen) atoms. The predicted molar refractivity (Wildman–Crippen MR) is 89.3 cm³/mol. The van der Waals surface area contributed by atoms with Crippen LogP contribution in [0.5, 0.6) is 11.6 Å². The highest BCUT2D eigenvalue weighted by Gasteiger charge is 2.29. The van der Waals surface area contributed by atoms with Crippen LogP contribution in [0.25, 0.3) is 0 Å². The lowest BCUT2D eigenvalue weighted by Crippen LogP contribution is -2.31. The quantitative estimate of drug-likeness (QED) is 0.829. The van der Waals surface area contributed by atoms with Crippen molar-refractivity contribution < 1.29 is 14.3 Å². The minimum absolute atomic E-state index is 0.0474. The van der Waals surface area contributed by atoms with Gasteiger partial charge in [0, 0.05) is 30.9 Å². The van der Waals surface area contributed by atoms with E-state index in [9.17, 15) is 4.79 Å². The van der Waals surface area contributed by atoms with E-state index in [4.69, 9.17) is 14.7 Å². The molecule has 0 aliphatic carbocycles. The van der Waals surface area contributed by atoms with Crippen molar-refractivity contribution in [2.75, 3.05) is 19.7 Å². The molecule has 1 atom stereocenters. The van der Waals surface area contributed by atoms with Crippen LogP contribution in [0.2, 0.25) is 0 Å². The van der Waals surface area contributed by atoms with Crippen molar-refractivity contribution in [3.63, 3.8) is 0 Å². The summed E-state index contributed by atoms with van der Waals surface area (Å²) in [6.07, 6.45) is 3.41. The van der Waals surface area contributed by atoms with Crippen LogP contribution in [0.1, 0.15) is 29.4 Å². The van der Waals surface area contributed by atoms with Crippen molar-refractivity contribution in [2.24, 2.45) is 0 Å². The monoisotopic (exact) mass is 338 g/mol. The first-order valence-corrected chi connectivity index (χ1v) is 8.11. The topological polar surface area (TPSA) is 88.3 Å². The highest BCUT2D eigenvalue weighted by Crippen LogP contribution is 2.21. The predicted octanol–water partition coefficient (Wildman–Crippen LogP) is 2.04. The van der Waals surface area contributed by atoms with Crippen LogP contribution >= 0.6 is 0 Å². The molecule has 2 aromatic rings. The summed E-state index contributed by atoms with van der Waals surface area (Å²) in [7, 11) is 0. The van der Waals surface area contributed by atoms with E-state index >= 15 is 0 Å². The van der Waals surface area contributed by atoms with Gasteiger partial charge in [-0.2, -0.15) is 5.26 Å². The zero-order valence-electron chi connectivity index (χ0n) is 13.9. The molecule has 3 rings (SSSR count). The van der Waals surface area contributed by atoms with Gasteiger partial charge in [-0.25, -0.2) is 9.97 Å². The number of hydrogen-bond acceptors (Lipinski definition) is 6. The van der Waals surface area contributed by atoms with Crippen molar-refractivity contribution in [3.05, 3.63) is 47.9 Å². The summed E-state index contributed by atoms with van der Waals surface area (Å²) in [5.74, 6) is 0.910. The smallest absolute Gasteiger partial charge is 0.253 e. The van der Waals surface area contributed by atoms with Crippen LogP contribution < -0.4 is 9.47 Å². The van der Waals surface area contributed by atoms with Gasteiger partial charge in [-0.15, -0.1) is 0 Å². The Morgan fingerprint density at radius 3 is 2.80 bits per heavy atom. The van der Waals surface area contributed by atoms with E-state index < -0.39 is 0 Å². The lowest BCUT2D eigenvalue weighted by atomic mass is 10.2. The maximum absolute atomic E-state index is 12.6. The lowest BCUT2D eigenvalue weighted by Gasteiger charge is -2.17. The van der Waals surface area contributed by atoms with E-state index in [1.165, 1.54) is 12.4 Å². The molecule has 7 nitrogen and oxygen atoms in total. The molecule has 1 unspecified atom stereocenters. The molecule has 7 heteroatoms. The van der Waals surface area contributed by atoms with E-state index in [1.54, 1.807) is 29.2 Å². The Bertz CT molecular complexity index is 786. The number of nitrogens with zero attached hydrogens (tertiary/aromatic N) is 4. The third-order valence-corrected chi connectivity index (χ3v) is 3.89. The van der Waals surface area contributed by atoms with E-state index in [-0.39, 0.29) is 23.6 Å². The summed E-state index contributed by atoms with van der Waals surface area (Å²) < 4.78 is 11.1. The molecule has 0 bridgehead atoms. The maximum Gasteiger partial charge on any atom is 0.253 e. The number of nitriles is 1. The first kappa shape index (κ1) is 16.7. The number of amides is 1. The van der Waals surface area contributed by atoms with E-state index in [0.717, 1.165) is 5.75 Å². The zero-order chi connectivity index (χ0) is 17.6. The van der Waals surface area contributed by atoms with Gasteiger partial charge in [0.15, 0.2) is 0 Å². The molecule has 1 aliphatic heterocycles. The minimum Gasteiger partial charge on any atom is -0.494 e. The Hall–Kier alpha value is -3.14. The Morgan fingerprint density at radius 1 is 1.32 bits per heavy atom. The van der Waals surface area contributed by atoms with Gasteiger partial charge in [-0.1, -0.05) is 0 Å². The van der Waals surface area contributed by atoms with Gasteiger partial charge in [-0.05, 0) is 31.2 Å². The summed E-state index contributed by atoms with van der Waals surface area (Å²) in [6, 6.07) is 9.06. The van der Waals surface area contributed by atoms with Crippen LogP contribution in [0.4, 0.5) is 0 Å². The molecule has 1 fully saturated rings. The van der Waals surface area contributed by atoms with Gasteiger partial charge in [0.2, 0.25) is 5.69 Å². The van der Waals surface area contributed by atoms with Crippen molar-refractivity contribution in [1.29, 1.82) is 5.26 Å². The average molecular weight is 338 g/mol. The second kappa shape index (κ2) is 7.62. The van der Waals surface area contributed by atoms with Crippen LogP contribution in [0, 0.1) is 11.3 Å². The average Bonchev–Trinajstić information content (AvgIpc) is 3.11. The molecule has 0 saturated carbocycles. The third kappa shape index (κ3) is 3.86. The number of likely N-dealkylation sites (tertiary alicyclic amines) is 1. The van der Waals surface area contributed by atoms with Gasteiger partial charge in [-0.3, -0.25) is 4.79 Å². The molecule has 128 valence electrons. The highest BCUT2D eigenvalue weighted by molar-refractivity contribution is 5.94. The van der Waals surface area contributed by atoms with Gasteiger partial charge in [0.1, 0.15) is 17.9 Å². The Morgan fingerprint density at radius 2 is 2.08 bits per heavy atom. The molecule has 1 aromatic carbocycles. The number of aromatic nitrogens is 2. The van der Waals surface area contributed by atoms with Gasteiger partial charge >= 0.3 is 0 Å². The molecule has 0 N–H and O–H groups in total. The summed E-state index contributed by atoms with van der Waals surface area (Å²) in [4.78, 5) is 22.3. The Kier molecular flexibility index (Phi) is 5.09. The molecule has 1 aliphatic rings. The zero-order valence-corrected chi connectivity index (χ0v) is 13.9. The van der Waals surface area contributed by atoms with Gasteiger partial charge in [0.05, 0.1) is 13.2 Å². The minimum atomic E-state index is -0.199. The number of rotatable bonds is 5. The summed E-state index contributed by atoms with van der Waals surface area (Å²) in [5.41, 5.74) is 0.764. The molecule has 0 spiro atoms. The fourth-order valence-corrected chi connectivity index (χ4v) is 2.70. The fraction of sp³-hybridized carbons (Fsp3) is 0.333. The fourth-order valence-electron chi connectivity index (χ4n) is 2.70. The number of hydrogen-bond donors (Lipinski definition) is 0. The molecule has 2 heterocycles.